The van der Waals surface area contributed by atoms with E-state index in [2.05, 4.69) is 0 Å². The second-order valence-corrected chi connectivity index (χ2v) is 6.57. The van der Waals surface area contributed by atoms with Gasteiger partial charge in [-0.15, -0.1) is 0 Å². The van der Waals surface area contributed by atoms with Gasteiger partial charge in [-0.25, -0.2) is 0 Å². The third-order valence-corrected chi connectivity index (χ3v) is 4.69. The van der Waals surface area contributed by atoms with Gasteiger partial charge in [-0.3, -0.25) is 0 Å². The molecular formula is C19H20ClF3. The van der Waals surface area contributed by atoms with Crippen molar-refractivity contribution >= 4 is 11.6 Å². The lowest BCUT2D eigenvalue weighted by Gasteiger charge is -2.21. The van der Waals surface area contributed by atoms with Gasteiger partial charge in [-0.05, 0) is 79.1 Å². The highest BCUT2D eigenvalue weighted by Gasteiger charge is 2.34. The van der Waals surface area contributed by atoms with Crippen molar-refractivity contribution < 1.29 is 13.2 Å². The van der Waals surface area contributed by atoms with Crippen LogP contribution >= 0.6 is 11.6 Å². The minimum absolute atomic E-state index is 0.0460. The summed E-state index contributed by atoms with van der Waals surface area (Å²) in [5.41, 5.74) is 3.47. The molecule has 4 heteroatoms. The first-order valence-corrected chi connectivity index (χ1v) is 7.91. The molecule has 0 saturated heterocycles. The Morgan fingerprint density at radius 1 is 1.00 bits per heavy atom. The van der Waals surface area contributed by atoms with E-state index in [0.717, 1.165) is 16.7 Å². The minimum atomic E-state index is -4.34. The minimum Gasteiger partial charge on any atom is -0.166 e. The van der Waals surface area contributed by atoms with Gasteiger partial charge in [-0.2, -0.15) is 13.2 Å². The molecule has 1 atom stereocenters. The predicted octanol–water partition coefficient (Wildman–Crippen LogP) is 6.63. The molecule has 0 nitrogen and oxygen atoms in total. The first kappa shape index (κ1) is 17.9. The van der Waals surface area contributed by atoms with E-state index in [-0.39, 0.29) is 5.92 Å². The topological polar surface area (TPSA) is 0 Å². The Morgan fingerprint density at radius 3 is 2.22 bits per heavy atom. The molecule has 2 aromatic carbocycles. The lowest BCUT2D eigenvalue weighted by Crippen LogP contribution is -2.13. The lowest BCUT2D eigenvalue weighted by atomic mass is 9.86. The molecule has 0 spiro atoms. The molecule has 0 aliphatic heterocycles. The summed E-state index contributed by atoms with van der Waals surface area (Å²) in [6.45, 7) is 7.50. The Balaban J connectivity index is 2.47. The van der Waals surface area contributed by atoms with Crippen LogP contribution in [0, 0.1) is 20.8 Å². The number of hydrogen-bond acceptors (Lipinski definition) is 0. The lowest BCUT2D eigenvalue weighted by molar-refractivity contribution is -0.138. The van der Waals surface area contributed by atoms with Crippen LogP contribution in [0.2, 0.25) is 5.02 Å². The van der Waals surface area contributed by atoms with Gasteiger partial charge in [0.15, 0.2) is 0 Å². The molecule has 124 valence electrons. The number of hydrogen-bond donors (Lipinski definition) is 0. The van der Waals surface area contributed by atoms with E-state index < -0.39 is 11.7 Å². The second-order valence-electron chi connectivity index (χ2n) is 6.14. The van der Waals surface area contributed by atoms with Gasteiger partial charge in [0.25, 0.3) is 0 Å². The van der Waals surface area contributed by atoms with Crippen molar-refractivity contribution in [2.75, 3.05) is 0 Å². The van der Waals surface area contributed by atoms with Gasteiger partial charge in [0.2, 0.25) is 0 Å². The first-order valence-electron chi connectivity index (χ1n) is 7.53. The molecule has 0 aromatic heterocycles. The molecule has 0 heterocycles. The summed E-state index contributed by atoms with van der Waals surface area (Å²) >= 11 is 6.04. The molecule has 2 aromatic rings. The van der Waals surface area contributed by atoms with Crippen LogP contribution in [0.15, 0.2) is 30.3 Å². The van der Waals surface area contributed by atoms with Crippen molar-refractivity contribution in [1.82, 2.24) is 0 Å². The average Bonchev–Trinajstić information content (AvgIpc) is 2.45. The SMILES string of the molecule is Cc1ccc(Cl)cc1[C@H](C)Cc1c(C(F)(F)F)ccc(C)c1C. The smallest absolute Gasteiger partial charge is 0.166 e. The number of benzene rings is 2. The van der Waals surface area contributed by atoms with Crippen LogP contribution in [0.3, 0.4) is 0 Å². The van der Waals surface area contributed by atoms with Gasteiger partial charge >= 0.3 is 6.18 Å². The fourth-order valence-electron chi connectivity index (χ4n) is 2.96. The Kier molecular flexibility index (Phi) is 5.10. The Labute approximate surface area is 140 Å². The summed E-state index contributed by atoms with van der Waals surface area (Å²) in [5.74, 6) is -0.0460. The van der Waals surface area contributed by atoms with Crippen molar-refractivity contribution in [3.63, 3.8) is 0 Å². The van der Waals surface area contributed by atoms with E-state index in [0.29, 0.717) is 22.6 Å². The molecule has 0 N–H and O–H groups in total. The van der Waals surface area contributed by atoms with E-state index in [4.69, 9.17) is 11.6 Å². The number of rotatable bonds is 3. The fourth-order valence-corrected chi connectivity index (χ4v) is 3.14. The van der Waals surface area contributed by atoms with Gasteiger partial charge in [0.05, 0.1) is 5.56 Å². The molecule has 0 unspecified atom stereocenters. The summed E-state index contributed by atoms with van der Waals surface area (Å²) in [7, 11) is 0. The maximum Gasteiger partial charge on any atom is 0.416 e. The number of aryl methyl sites for hydroxylation is 2. The summed E-state index contributed by atoms with van der Waals surface area (Å²) in [5, 5.41) is 0.606. The van der Waals surface area contributed by atoms with E-state index in [1.165, 1.54) is 12.1 Å². The largest absolute Gasteiger partial charge is 0.416 e. The highest BCUT2D eigenvalue weighted by molar-refractivity contribution is 6.30. The highest BCUT2D eigenvalue weighted by atomic mass is 35.5. The van der Waals surface area contributed by atoms with Gasteiger partial charge in [-0.1, -0.05) is 30.7 Å². The maximum absolute atomic E-state index is 13.3. The molecule has 0 aliphatic rings. The average molecular weight is 341 g/mol. The molecule has 0 aliphatic carbocycles. The molecule has 0 fully saturated rings. The highest BCUT2D eigenvalue weighted by Crippen LogP contribution is 2.37. The molecular weight excluding hydrogens is 321 g/mol. The summed E-state index contributed by atoms with van der Waals surface area (Å²) in [6, 6.07) is 8.28. The molecule has 23 heavy (non-hydrogen) atoms. The van der Waals surface area contributed by atoms with Crippen LogP contribution < -0.4 is 0 Å². The van der Waals surface area contributed by atoms with Crippen LogP contribution in [-0.2, 0) is 12.6 Å². The number of alkyl halides is 3. The van der Waals surface area contributed by atoms with Crippen LogP contribution in [0.1, 0.15) is 46.2 Å². The normalized spacial score (nSPS) is 13.2. The van der Waals surface area contributed by atoms with Crippen LogP contribution in [0.5, 0.6) is 0 Å². The van der Waals surface area contributed by atoms with Crippen LogP contribution in [0.4, 0.5) is 13.2 Å². The Hall–Kier alpha value is -1.48. The predicted molar refractivity (Wildman–Crippen MR) is 89.2 cm³/mol. The quantitative estimate of drug-likeness (QED) is 0.588. The zero-order chi connectivity index (χ0) is 17.4. The first-order chi connectivity index (χ1) is 10.6. The summed E-state index contributed by atoms with van der Waals surface area (Å²) in [4.78, 5) is 0. The zero-order valence-electron chi connectivity index (χ0n) is 13.7. The van der Waals surface area contributed by atoms with Crippen molar-refractivity contribution in [3.8, 4) is 0 Å². The third kappa shape index (κ3) is 3.89. The fraction of sp³-hybridized carbons (Fsp3) is 0.368. The zero-order valence-corrected chi connectivity index (χ0v) is 14.4. The molecule has 2 rings (SSSR count). The standard InChI is InChI=1S/C19H20ClF3/c1-11-6-8-18(19(21,22)23)17(14(11)4)9-13(3)16-10-15(20)7-5-12(16)2/h5-8,10,13H,9H2,1-4H3/t13-/m1/s1. The Morgan fingerprint density at radius 2 is 1.61 bits per heavy atom. The summed E-state index contributed by atoms with van der Waals surface area (Å²) < 4.78 is 40.0. The van der Waals surface area contributed by atoms with Gasteiger partial charge in [0, 0.05) is 5.02 Å². The van der Waals surface area contributed by atoms with Gasteiger partial charge in [0.1, 0.15) is 0 Å². The summed E-state index contributed by atoms with van der Waals surface area (Å²) in [6.07, 6.45) is -4.00. The van der Waals surface area contributed by atoms with E-state index in [9.17, 15) is 13.2 Å². The van der Waals surface area contributed by atoms with Crippen LogP contribution in [0.25, 0.3) is 0 Å². The molecule has 0 radical (unpaired) electrons. The monoisotopic (exact) mass is 340 g/mol. The van der Waals surface area contributed by atoms with Crippen molar-refractivity contribution in [2.45, 2.75) is 46.2 Å². The van der Waals surface area contributed by atoms with Crippen molar-refractivity contribution in [2.24, 2.45) is 0 Å². The van der Waals surface area contributed by atoms with Crippen molar-refractivity contribution in [3.05, 3.63) is 68.7 Å². The van der Waals surface area contributed by atoms with E-state index in [1.54, 1.807) is 13.0 Å². The van der Waals surface area contributed by atoms with Crippen molar-refractivity contribution in [1.29, 1.82) is 0 Å². The molecule has 0 saturated carbocycles. The van der Waals surface area contributed by atoms with Crippen LogP contribution in [-0.4, -0.2) is 0 Å². The van der Waals surface area contributed by atoms with E-state index in [1.807, 2.05) is 32.9 Å². The third-order valence-electron chi connectivity index (χ3n) is 4.46. The van der Waals surface area contributed by atoms with Gasteiger partial charge < -0.3 is 0 Å². The molecule has 0 amide bonds. The Bertz CT molecular complexity index is 717. The molecule has 0 bridgehead atoms. The maximum atomic E-state index is 13.3. The van der Waals surface area contributed by atoms with E-state index >= 15 is 0 Å². The number of halogens is 4. The second kappa shape index (κ2) is 6.56.